The van der Waals surface area contributed by atoms with Crippen LogP contribution >= 0.6 is 23.6 Å². The van der Waals surface area contributed by atoms with Gasteiger partial charge in [0.05, 0.1) is 11.4 Å². The van der Waals surface area contributed by atoms with Crippen molar-refractivity contribution in [3.05, 3.63) is 40.7 Å². The maximum absolute atomic E-state index is 13.9. The Hall–Kier alpha value is -1.53. The molecule has 20 heavy (non-hydrogen) atoms. The van der Waals surface area contributed by atoms with Gasteiger partial charge in [-0.3, -0.25) is 0 Å². The summed E-state index contributed by atoms with van der Waals surface area (Å²) in [6, 6.07) is 4.62. The maximum atomic E-state index is 13.9. The van der Waals surface area contributed by atoms with E-state index in [1.54, 1.807) is 12.1 Å². The highest BCUT2D eigenvalue weighted by Crippen LogP contribution is 2.29. The third kappa shape index (κ3) is 3.32. The van der Waals surface area contributed by atoms with Gasteiger partial charge in [0, 0.05) is 16.4 Å². The number of nitrogens with zero attached hydrogens (tertiary/aromatic N) is 1. The van der Waals surface area contributed by atoms with Gasteiger partial charge in [-0.1, -0.05) is 33.0 Å². The fourth-order valence-corrected chi connectivity index (χ4v) is 2.64. The molecule has 0 bridgehead atoms. The molecule has 0 spiro atoms. The lowest BCUT2D eigenvalue weighted by molar-refractivity contribution is 0.573. The van der Waals surface area contributed by atoms with Crippen LogP contribution in [0.1, 0.15) is 32.0 Å². The molecule has 0 saturated carbocycles. The van der Waals surface area contributed by atoms with Crippen LogP contribution in [0, 0.1) is 5.82 Å². The van der Waals surface area contributed by atoms with E-state index in [-0.39, 0.29) is 10.4 Å². The van der Waals surface area contributed by atoms with E-state index in [0.29, 0.717) is 16.4 Å². The summed E-state index contributed by atoms with van der Waals surface area (Å²) in [6.07, 6.45) is 0. The van der Waals surface area contributed by atoms with E-state index in [2.05, 4.69) is 31.1 Å². The molecule has 0 saturated heterocycles. The molecule has 3 N–H and O–H groups in total. The van der Waals surface area contributed by atoms with Crippen molar-refractivity contribution in [1.82, 2.24) is 4.98 Å². The van der Waals surface area contributed by atoms with E-state index >= 15 is 0 Å². The van der Waals surface area contributed by atoms with Gasteiger partial charge in [-0.15, -0.1) is 11.3 Å². The fourth-order valence-electron chi connectivity index (χ4n) is 1.56. The molecule has 0 fully saturated rings. The highest BCUT2D eigenvalue weighted by atomic mass is 32.1. The first-order valence-corrected chi connectivity index (χ1v) is 7.38. The molecule has 1 aromatic carbocycles. The number of benzene rings is 1. The quantitative estimate of drug-likeness (QED) is 0.843. The molecule has 0 radical (unpaired) electrons. The highest BCUT2D eigenvalue weighted by Gasteiger charge is 2.17. The van der Waals surface area contributed by atoms with Crippen molar-refractivity contribution < 1.29 is 4.39 Å². The van der Waals surface area contributed by atoms with E-state index in [4.69, 9.17) is 18.0 Å². The van der Waals surface area contributed by atoms with E-state index < -0.39 is 5.82 Å². The number of thiazole rings is 1. The SMILES string of the molecule is CC(C)(C)c1csc(Nc2ccc(C(N)=S)cc2F)n1. The second-order valence-corrected chi connectivity index (χ2v) is 6.77. The second kappa shape index (κ2) is 5.46. The third-order valence-corrected chi connectivity index (χ3v) is 3.76. The molecule has 1 aromatic heterocycles. The Kier molecular flexibility index (Phi) is 4.06. The zero-order valence-electron chi connectivity index (χ0n) is 11.5. The minimum Gasteiger partial charge on any atom is -0.389 e. The Morgan fingerprint density at radius 3 is 2.60 bits per heavy atom. The van der Waals surface area contributed by atoms with Gasteiger partial charge in [0.15, 0.2) is 5.13 Å². The first-order valence-electron chi connectivity index (χ1n) is 6.10. The number of rotatable bonds is 3. The number of halogens is 1. The fraction of sp³-hybridized carbons (Fsp3) is 0.286. The van der Waals surface area contributed by atoms with Crippen molar-refractivity contribution in [2.75, 3.05) is 5.32 Å². The molecule has 0 aliphatic carbocycles. The van der Waals surface area contributed by atoms with Crippen molar-refractivity contribution in [3.63, 3.8) is 0 Å². The van der Waals surface area contributed by atoms with Gasteiger partial charge in [-0.25, -0.2) is 9.37 Å². The summed E-state index contributed by atoms with van der Waals surface area (Å²) >= 11 is 6.27. The van der Waals surface area contributed by atoms with Gasteiger partial charge in [0.25, 0.3) is 0 Å². The average Bonchev–Trinajstić information content (AvgIpc) is 2.80. The highest BCUT2D eigenvalue weighted by molar-refractivity contribution is 7.80. The number of anilines is 2. The molecule has 0 amide bonds. The molecule has 0 atom stereocenters. The first kappa shape index (κ1) is 14.9. The lowest BCUT2D eigenvalue weighted by Gasteiger charge is -2.14. The number of hydrogen-bond acceptors (Lipinski definition) is 4. The number of thiocarbonyl (C=S) groups is 1. The lowest BCUT2D eigenvalue weighted by Crippen LogP contribution is -2.11. The van der Waals surface area contributed by atoms with Crippen LogP contribution in [0.15, 0.2) is 23.6 Å². The molecule has 106 valence electrons. The van der Waals surface area contributed by atoms with Crippen LogP contribution in [-0.2, 0) is 5.41 Å². The number of nitrogens with two attached hydrogens (primary N) is 1. The molecule has 0 aliphatic rings. The predicted molar refractivity (Wildman–Crippen MR) is 86.4 cm³/mol. The van der Waals surface area contributed by atoms with Crippen molar-refractivity contribution >= 4 is 39.4 Å². The minimum absolute atomic E-state index is 0.0232. The van der Waals surface area contributed by atoms with Gasteiger partial charge in [-0.2, -0.15) is 0 Å². The van der Waals surface area contributed by atoms with Crippen LogP contribution < -0.4 is 11.1 Å². The number of hydrogen-bond donors (Lipinski definition) is 2. The normalized spacial score (nSPS) is 11.4. The molecule has 3 nitrogen and oxygen atoms in total. The summed E-state index contributed by atoms with van der Waals surface area (Å²) in [6.45, 7) is 6.26. The minimum atomic E-state index is -0.400. The molecular formula is C14H16FN3S2. The van der Waals surface area contributed by atoms with Crippen molar-refractivity contribution in [2.45, 2.75) is 26.2 Å². The molecule has 6 heteroatoms. The van der Waals surface area contributed by atoms with Gasteiger partial charge < -0.3 is 11.1 Å². The van der Waals surface area contributed by atoms with E-state index in [0.717, 1.165) is 5.69 Å². The summed E-state index contributed by atoms with van der Waals surface area (Å²) in [5, 5.41) is 5.62. The van der Waals surface area contributed by atoms with Crippen molar-refractivity contribution in [3.8, 4) is 0 Å². The summed E-state index contributed by atoms with van der Waals surface area (Å²) in [5.41, 5.74) is 7.30. The Morgan fingerprint density at radius 1 is 1.40 bits per heavy atom. The Labute approximate surface area is 127 Å². The zero-order chi connectivity index (χ0) is 14.9. The predicted octanol–water partition coefficient (Wildman–Crippen LogP) is 3.96. The number of nitrogens with one attached hydrogen (secondary N) is 1. The summed E-state index contributed by atoms with van der Waals surface area (Å²) < 4.78 is 13.9. The van der Waals surface area contributed by atoms with Gasteiger partial charge in [0.1, 0.15) is 10.8 Å². The summed E-state index contributed by atoms with van der Waals surface area (Å²) in [7, 11) is 0. The lowest BCUT2D eigenvalue weighted by atomic mass is 9.93. The molecule has 2 rings (SSSR count). The van der Waals surface area contributed by atoms with Crippen LogP contribution in [0.25, 0.3) is 0 Å². The van der Waals surface area contributed by atoms with Gasteiger partial charge in [-0.05, 0) is 18.2 Å². The van der Waals surface area contributed by atoms with Crippen molar-refractivity contribution in [2.24, 2.45) is 5.73 Å². The topological polar surface area (TPSA) is 50.9 Å². The maximum Gasteiger partial charge on any atom is 0.187 e. The largest absolute Gasteiger partial charge is 0.389 e. The van der Waals surface area contributed by atoms with Crippen LogP contribution in [0.2, 0.25) is 0 Å². The summed E-state index contributed by atoms with van der Waals surface area (Å²) in [5.74, 6) is -0.400. The first-order chi connectivity index (χ1) is 9.27. The van der Waals surface area contributed by atoms with Crippen LogP contribution in [0.3, 0.4) is 0 Å². The Bertz CT molecular complexity index is 644. The molecule has 0 unspecified atom stereocenters. The molecular weight excluding hydrogens is 293 g/mol. The van der Waals surface area contributed by atoms with E-state index in [9.17, 15) is 4.39 Å². The van der Waals surface area contributed by atoms with Crippen LogP contribution in [0.5, 0.6) is 0 Å². The standard InChI is InChI=1S/C14H16FN3S2/c1-14(2,3)11-7-20-13(18-11)17-10-5-4-8(12(16)19)6-9(10)15/h4-7H,1-3H3,(H2,16,19)(H,17,18). The molecule has 2 aromatic rings. The van der Waals surface area contributed by atoms with E-state index in [1.807, 2.05) is 5.38 Å². The third-order valence-electron chi connectivity index (χ3n) is 2.77. The molecule has 0 aliphatic heterocycles. The zero-order valence-corrected chi connectivity index (χ0v) is 13.2. The number of aromatic nitrogens is 1. The van der Waals surface area contributed by atoms with Crippen molar-refractivity contribution in [1.29, 1.82) is 0 Å². The summed E-state index contributed by atoms with van der Waals surface area (Å²) in [4.78, 5) is 4.65. The molecule has 1 heterocycles. The second-order valence-electron chi connectivity index (χ2n) is 5.47. The smallest absolute Gasteiger partial charge is 0.187 e. The van der Waals surface area contributed by atoms with Gasteiger partial charge >= 0.3 is 0 Å². The van der Waals surface area contributed by atoms with Gasteiger partial charge in [0.2, 0.25) is 0 Å². The monoisotopic (exact) mass is 309 g/mol. The van der Waals surface area contributed by atoms with Crippen LogP contribution in [-0.4, -0.2) is 9.97 Å². The Balaban J connectivity index is 2.22. The average molecular weight is 309 g/mol. The van der Waals surface area contributed by atoms with E-state index in [1.165, 1.54) is 17.4 Å². The van der Waals surface area contributed by atoms with Crippen LogP contribution in [0.4, 0.5) is 15.2 Å². The Morgan fingerprint density at radius 2 is 2.10 bits per heavy atom.